The second-order valence-corrected chi connectivity index (χ2v) is 10.1. The molecule has 40 heavy (non-hydrogen) atoms. The number of aromatic amines is 1. The molecule has 0 saturated heterocycles. The van der Waals surface area contributed by atoms with Gasteiger partial charge in [0.25, 0.3) is 0 Å². The molecule has 5 aromatic rings. The average molecular weight is 600 g/mol. The molecule has 0 spiro atoms. The minimum atomic E-state index is 0. The number of hydrogen-bond acceptors (Lipinski definition) is 6. The number of hydrogen-bond donors (Lipinski definition) is 2. The highest BCUT2D eigenvalue weighted by Gasteiger charge is 2.28. The maximum atomic E-state index is 5.55. The summed E-state index contributed by atoms with van der Waals surface area (Å²) < 4.78 is 5.55. The third kappa shape index (κ3) is 6.41. The third-order valence-electron chi connectivity index (χ3n) is 7.47. The lowest BCUT2D eigenvalue weighted by Gasteiger charge is -2.34. The number of para-hydroxylation sites is 1. The average Bonchev–Trinajstić information content (AvgIpc) is 3.41. The van der Waals surface area contributed by atoms with E-state index in [4.69, 9.17) is 14.7 Å². The van der Waals surface area contributed by atoms with E-state index in [1.165, 1.54) is 22.4 Å². The molecule has 1 aliphatic carbocycles. The van der Waals surface area contributed by atoms with Gasteiger partial charge in [0, 0.05) is 32.0 Å². The molecule has 8 heteroatoms. The molecule has 3 aromatic heterocycles. The molecule has 1 unspecified atom stereocenters. The fourth-order valence-electron chi connectivity index (χ4n) is 5.54. The number of ether oxygens (including phenoxy) is 1. The van der Waals surface area contributed by atoms with Gasteiger partial charge in [-0.05, 0) is 66.3 Å². The van der Waals surface area contributed by atoms with Crippen molar-refractivity contribution < 1.29 is 4.74 Å². The number of benzene rings is 2. The van der Waals surface area contributed by atoms with Gasteiger partial charge < -0.3 is 15.0 Å². The molecule has 0 aliphatic heterocycles. The number of aryl methyl sites for hydroxylation is 1. The van der Waals surface area contributed by atoms with Crippen molar-refractivity contribution in [1.82, 2.24) is 30.2 Å². The largest absolute Gasteiger partial charge is 0.494 e. The van der Waals surface area contributed by atoms with E-state index in [-0.39, 0.29) is 23.0 Å². The van der Waals surface area contributed by atoms with Crippen molar-refractivity contribution in [1.29, 1.82) is 0 Å². The van der Waals surface area contributed by atoms with E-state index in [9.17, 15) is 0 Å². The number of fused-ring (bicyclic) bond motifs is 2. The van der Waals surface area contributed by atoms with Gasteiger partial charge in [-0.25, -0.2) is 4.98 Å². The summed E-state index contributed by atoms with van der Waals surface area (Å²) in [7, 11) is 1.69. The van der Waals surface area contributed by atoms with E-state index in [1.807, 2.05) is 42.7 Å². The Morgan fingerprint density at radius 2 is 1.75 bits per heavy atom. The predicted molar refractivity (Wildman–Crippen MR) is 163 cm³/mol. The van der Waals surface area contributed by atoms with Crippen molar-refractivity contribution in [2.45, 2.75) is 51.5 Å². The molecule has 6 rings (SSSR count). The normalized spacial score (nSPS) is 14.6. The van der Waals surface area contributed by atoms with Crippen molar-refractivity contribution >= 4 is 28.0 Å². The van der Waals surface area contributed by atoms with E-state index in [1.54, 1.807) is 7.11 Å². The molecule has 0 radical (unpaired) electrons. The molecule has 1 atom stereocenters. The summed E-state index contributed by atoms with van der Waals surface area (Å²) in [5.74, 6) is 1.73. The van der Waals surface area contributed by atoms with Crippen molar-refractivity contribution in [2.24, 2.45) is 0 Å². The Morgan fingerprint density at radius 1 is 0.900 bits per heavy atom. The second-order valence-electron chi connectivity index (χ2n) is 10.1. The molecular formula is C32H35BrN6O. The van der Waals surface area contributed by atoms with Crippen LogP contribution in [0.5, 0.6) is 5.75 Å². The number of nitrogens with one attached hydrogen (secondary N) is 2. The standard InChI is InChI=1S/C32H34N6O.BrH/c1-39-29-12-5-10-27-32(29)37-30(36-27)22-38(28-11-4-7-25-8-6-18-35-31(25)28)21-24-15-13-23(14-16-24)19-33-20-26-9-2-3-17-34-26;/h2-3,5-6,8-10,12-18,28,33H,4,7,11,19-22H2,1H3,(H,36,37);1H. The number of methoxy groups -OCH3 is 1. The van der Waals surface area contributed by atoms with E-state index in [0.717, 1.165) is 67.2 Å². The van der Waals surface area contributed by atoms with E-state index >= 15 is 0 Å². The van der Waals surface area contributed by atoms with Crippen molar-refractivity contribution in [3.8, 4) is 5.75 Å². The summed E-state index contributed by atoms with van der Waals surface area (Å²) in [6.45, 7) is 3.08. The molecule has 206 valence electrons. The van der Waals surface area contributed by atoms with Gasteiger partial charge in [0.2, 0.25) is 0 Å². The summed E-state index contributed by atoms with van der Waals surface area (Å²) in [6, 6.07) is 25.5. The molecule has 3 heterocycles. The van der Waals surface area contributed by atoms with Gasteiger partial charge in [-0.2, -0.15) is 0 Å². The quantitative estimate of drug-likeness (QED) is 0.196. The van der Waals surface area contributed by atoms with Gasteiger partial charge in [-0.1, -0.05) is 42.5 Å². The molecule has 2 aromatic carbocycles. The lowest BCUT2D eigenvalue weighted by Crippen LogP contribution is -2.31. The Bertz CT molecular complexity index is 1520. The maximum Gasteiger partial charge on any atom is 0.146 e. The number of aromatic nitrogens is 4. The van der Waals surface area contributed by atoms with Gasteiger partial charge in [-0.15, -0.1) is 17.0 Å². The Morgan fingerprint density at radius 3 is 2.58 bits per heavy atom. The van der Waals surface area contributed by atoms with Crippen LogP contribution < -0.4 is 10.1 Å². The highest BCUT2D eigenvalue weighted by atomic mass is 79.9. The first kappa shape index (κ1) is 28.0. The first-order valence-corrected chi connectivity index (χ1v) is 13.6. The zero-order chi connectivity index (χ0) is 26.4. The van der Waals surface area contributed by atoms with Crippen LogP contribution in [0.3, 0.4) is 0 Å². The lowest BCUT2D eigenvalue weighted by atomic mass is 9.90. The van der Waals surface area contributed by atoms with Gasteiger partial charge in [0.1, 0.15) is 17.1 Å². The monoisotopic (exact) mass is 598 g/mol. The zero-order valence-electron chi connectivity index (χ0n) is 22.7. The highest BCUT2D eigenvalue weighted by molar-refractivity contribution is 8.93. The van der Waals surface area contributed by atoms with E-state index in [2.05, 4.69) is 62.6 Å². The summed E-state index contributed by atoms with van der Waals surface area (Å²) in [5.41, 5.74) is 8.02. The zero-order valence-corrected chi connectivity index (χ0v) is 24.4. The Hall–Kier alpha value is -3.59. The van der Waals surface area contributed by atoms with Crippen LogP contribution in [0.2, 0.25) is 0 Å². The van der Waals surface area contributed by atoms with Gasteiger partial charge in [-0.3, -0.25) is 14.9 Å². The first-order valence-electron chi connectivity index (χ1n) is 13.6. The van der Waals surface area contributed by atoms with Crippen LogP contribution in [0.4, 0.5) is 0 Å². The Kier molecular flexibility index (Phi) is 9.21. The van der Waals surface area contributed by atoms with Crippen LogP contribution in [0.15, 0.2) is 85.2 Å². The number of rotatable bonds is 10. The number of nitrogens with zero attached hydrogens (tertiary/aromatic N) is 4. The first-order chi connectivity index (χ1) is 19.3. The molecule has 0 fully saturated rings. The van der Waals surface area contributed by atoms with E-state index in [0.29, 0.717) is 6.54 Å². The van der Waals surface area contributed by atoms with Crippen molar-refractivity contribution in [2.75, 3.05) is 7.11 Å². The summed E-state index contributed by atoms with van der Waals surface area (Å²) >= 11 is 0. The molecular weight excluding hydrogens is 564 g/mol. The van der Waals surface area contributed by atoms with Crippen molar-refractivity contribution in [3.63, 3.8) is 0 Å². The Balaban J connectivity index is 0.00000323. The molecule has 0 amide bonds. The molecule has 7 nitrogen and oxygen atoms in total. The summed E-state index contributed by atoms with van der Waals surface area (Å²) in [4.78, 5) is 20.2. The fraction of sp³-hybridized carbons (Fsp3) is 0.281. The van der Waals surface area contributed by atoms with Crippen molar-refractivity contribution in [3.05, 3.63) is 119 Å². The predicted octanol–water partition coefficient (Wildman–Crippen LogP) is 6.31. The van der Waals surface area contributed by atoms with Crippen LogP contribution >= 0.6 is 17.0 Å². The third-order valence-corrected chi connectivity index (χ3v) is 7.47. The number of imidazole rings is 1. The van der Waals surface area contributed by atoms with Crippen LogP contribution in [-0.4, -0.2) is 31.9 Å². The van der Waals surface area contributed by atoms with Crippen LogP contribution in [0.25, 0.3) is 11.0 Å². The molecule has 0 saturated carbocycles. The smallest absolute Gasteiger partial charge is 0.146 e. The minimum Gasteiger partial charge on any atom is -0.494 e. The maximum absolute atomic E-state index is 5.55. The SMILES string of the molecule is Br.COc1cccc2[nH]c(CN(Cc3ccc(CNCc4ccccn4)cc3)C3CCCc4cccnc43)nc12. The number of halogens is 1. The molecule has 1 aliphatic rings. The second kappa shape index (κ2) is 13.2. The topological polar surface area (TPSA) is 79.0 Å². The fourth-order valence-corrected chi connectivity index (χ4v) is 5.54. The van der Waals surface area contributed by atoms with Gasteiger partial charge in [0.05, 0.1) is 36.6 Å². The molecule has 2 N–H and O–H groups in total. The van der Waals surface area contributed by atoms with Gasteiger partial charge in [0.15, 0.2) is 0 Å². The summed E-state index contributed by atoms with van der Waals surface area (Å²) in [5, 5.41) is 3.49. The molecule has 0 bridgehead atoms. The number of H-pyrrole nitrogens is 1. The minimum absolute atomic E-state index is 0. The van der Waals surface area contributed by atoms with E-state index < -0.39 is 0 Å². The van der Waals surface area contributed by atoms with Crippen LogP contribution in [0.1, 0.15) is 52.8 Å². The van der Waals surface area contributed by atoms with Crippen LogP contribution in [-0.2, 0) is 32.6 Å². The highest BCUT2D eigenvalue weighted by Crippen LogP contribution is 2.35. The summed E-state index contributed by atoms with van der Waals surface area (Å²) in [6.07, 6.45) is 7.10. The van der Waals surface area contributed by atoms with Crippen LogP contribution in [0, 0.1) is 0 Å². The Labute approximate surface area is 245 Å². The number of pyridine rings is 2. The lowest BCUT2D eigenvalue weighted by molar-refractivity contribution is 0.153. The van der Waals surface area contributed by atoms with Gasteiger partial charge >= 0.3 is 0 Å².